The van der Waals surface area contributed by atoms with E-state index >= 15 is 0 Å². The predicted molar refractivity (Wildman–Crippen MR) is 94.0 cm³/mol. The third-order valence-electron chi connectivity index (χ3n) is 4.04. The van der Waals surface area contributed by atoms with Gasteiger partial charge >= 0.3 is 0 Å². The average molecular weight is 349 g/mol. The molecule has 3 rings (SSSR count). The molecule has 0 unspecified atom stereocenters. The first-order valence-electron chi connectivity index (χ1n) is 8.22. The number of para-hydroxylation sites is 1. The van der Waals surface area contributed by atoms with E-state index in [9.17, 15) is 9.90 Å². The van der Waals surface area contributed by atoms with E-state index in [4.69, 9.17) is 4.74 Å². The largest absolute Gasteiger partial charge is 0.392 e. The van der Waals surface area contributed by atoms with Gasteiger partial charge in [-0.25, -0.2) is 4.98 Å². The van der Waals surface area contributed by atoms with E-state index in [-0.39, 0.29) is 18.6 Å². The number of β-amino-alcohol motifs (C(OH)–C–C–N with tert-alkyl or cyclic N) is 1. The fourth-order valence-electron chi connectivity index (χ4n) is 2.85. The van der Waals surface area contributed by atoms with Crippen LogP contribution in [-0.4, -0.2) is 71.2 Å². The van der Waals surface area contributed by atoms with Gasteiger partial charge in [0, 0.05) is 32.7 Å². The van der Waals surface area contributed by atoms with Gasteiger partial charge in [-0.15, -0.1) is 11.3 Å². The van der Waals surface area contributed by atoms with Crippen molar-refractivity contribution >= 4 is 27.5 Å². The van der Waals surface area contributed by atoms with Crippen molar-refractivity contribution in [2.45, 2.75) is 19.6 Å². The Morgan fingerprint density at radius 1 is 1.33 bits per heavy atom. The van der Waals surface area contributed by atoms with Gasteiger partial charge in [-0.1, -0.05) is 12.1 Å². The molecule has 0 spiro atoms. The minimum absolute atomic E-state index is 0.0211. The predicted octanol–water partition coefficient (Wildman–Crippen LogP) is 1.34. The van der Waals surface area contributed by atoms with Gasteiger partial charge in [-0.3, -0.25) is 9.69 Å². The summed E-state index contributed by atoms with van der Waals surface area (Å²) in [5.41, 5.74) is 0.974. The number of hydrogen-bond acceptors (Lipinski definition) is 6. The minimum Gasteiger partial charge on any atom is -0.392 e. The van der Waals surface area contributed by atoms with E-state index in [2.05, 4.69) is 9.88 Å². The highest BCUT2D eigenvalue weighted by atomic mass is 32.1. The standard InChI is InChI=1S/C17H23N3O3S/c1-13(21)10-19-6-8-20(9-7-19)17(22)12-23-11-16-18-14-4-2-3-5-15(14)24-16/h2-5,13,21H,6-12H2,1H3/t13-/m0/s1. The normalized spacial score (nSPS) is 17.3. The lowest BCUT2D eigenvalue weighted by atomic mass is 10.2. The molecule has 2 heterocycles. The maximum absolute atomic E-state index is 12.2. The smallest absolute Gasteiger partial charge is 0.248 e. The Hall–Kier alpha value is -1.54. The van der Waals surface area contributed by atoms with E-state index in [0.29, 0.717) is 26.2 Å². The Morgan fingerprint density at radius 2 is 2.08 bits per heavy atom. The minimum atomic E-state index is -0.329. The summed E-state index contributed by atoms with van der Waals surface area (Å²) in [7, 11) is 0. The van der Waals surface area contributed by atoms with Crippen LogP contribution in [0.4, 0.5) is 0 Å². The number of aromatic nitrogens is 1. The molecule has 1 atom stereocenters. The quantitative estimate of drug-likeness (QED) is 0.852. The zero-order chi connectivity index (χ0) is 16.9. The summed E-state index contributed by atoms with van der Waals surface area (Å²) < 4.78 is 6.69. The highest BCUT2D eigenvalue weighted by molar-refractivity contribution is 7.18. The second-order valence-electron chi connectivity index (χ2n) is 6.10. The number of piperazine rings is 1. The fraction of sp³-hybridized carbons (Fsp3) is 0.529. The molecule has 0 saturated carbocycles. The summed E-state index contributed by atoms with van der Waals surface area (Å²) in [5.74, 6) is 0.0211. The Kier molecular flexibility index (Phi) is 5.78. The number of carbonyl (C=O) groups is 1. The molecular weight excluding hydrogens is 326 g/mol. The van der Waals surface area contributed by atoms with Crippen LogP contribution >= 0.6 is 11.3 Å². The van der Waals surface area contributed by atoms with Gasteiger partial charge in [0.15, 0.2) is 0 Å². The Balaban J connectivity index is 1.41. The molecule has 1 N–H and O–H groups in total. The maximum atomic E-state index is 12.2. The summed E-state index contributed by atoms with van der Waals surface area (Å²) in [6, 6.07) is 7.97. The topological polar surface area (TPSA) is 65.9 Å². The third-order valence-corrected chi connectivity index (χ3v) is 5.05. The number of aliphatic hydroxyl groups excluding tert-OH is 1. The molecule has 0 aliphatic carbocycles. The summed E-state index contributed by atoms with van der Waals surface area (Å²) in [4.78, 5) is 20.7. The molecule has 1 aliphatic rings. The monoisotopic (exact) mass is 349 g/mol. The lowest BCUT2D eigenvalue weighted by molar-refractivity contribution is -0.138. The number of ether oxygens (including phenoxy) is 1. The van der Waals surface area contributed by atoms with Crippen LogP contribution in [-0.2, 0) is 16.1 Å². The van der Waals surface area contributed by atoms with Crippen molar-refractivity contribution in [3.8, 4) is 0 Å². The molecule has 6 nitrogen and oxygen atoms in total. The van der Waals surface area contributed by atoms with Crippen molar-refractivity contribution in [3.05, 3.63) is 29.3 Å². The fourth-order valence-corrected chi connectivity index (χ4v) is 3.76. The Labute approximate surface area is 145 Å². The number of thiazole rings is 1. The summed E-state index contributed by atoms with van der Waals surface area (Å²) in [6.07, 6.45) is -0.329. The van der Waals surface area contributed by atoms with Crippen molar-refractivity contribution in [3.63, 3.8) is 0 Å². The summed E-state index contributed by atoms with van der Waals surface area (Å²) in [6.45, 7) is 5.89. The van der Waals surface area contributed by atoms with Crippen LogP contribution in [0.15, 0.2) is 24.3 Å². The molecule has 1 aliphatic heterocycles. The molecule has 1 amide bonds. The van der Waals surface area contributed by atoms with Gasteiger partial charge in [0.1, 0.15) is 11.6 Å². The van der Waals surface area contributed by atoms with E-state index in [1.807, 2.05) is 29.2 Å². The summed E-state index contributed by atoms with van der Waals surface area (Å²) in [5, 5.41) is 10.3. The Morgan fingerprint density at radius 3 is 2.79 bits per heavy atom. The number of carbonyl (C=O) groups excluding carboxylic acids is 1. The van der Waals surface area contributed by atoms with Crippen LogP contribution in [0.1, 0.15) is 11.9 Å². The van der Waals surface area contributed by atoms with Crippen LogP contribution in [0.25, 0.3) is 10.2 Å². The first kappa shape index (κ1) is 17.3. The first-order chi connectivity index (χ1) is 11.6. The molecule has 2 aromatic rings. The molecule has 24 heavy (non-hydrogen) atoms. The van der Waals surface area contributed by atoms with Crippen molar-refractivity contribution in [2.24, 2.45) is 0 Å². The van der Waals surface area contributed by atoms with Crippen LogP contribution in [0, 0.1) is 0 Å². The number of hydrogen-bond donors (Lipinski definition) is 1. The Bertz CT molecular complexity index is 648. The summed E-state index contributed by atoms with van der Waals surface area (Å²) >= 11 is 1.60. The number of amides is 1. The third kappa shape index (κ3) is 4.51. The molecule has 0 radical (unpaired) electrons. The van der Waals surface area contributed by atoms with E-state index in [1.165, 1.54) is 0 Å². The lowest BCUT2D eigenvalue weighted by Crippen LogP contribution is -2.51. The van der Waals surface area contributed by atoms with E-state index in [0.717, 1.165) is 28.3 Å². The molecule has 1 saturated heterocycles. The number of aliphatic hydroxyl groups is 1. The number of nitrogens with zero attached hydrogens (tertiary/aromatic N) is 3. The molecule has 1 aromatic heterocycles. The van der Waals surface area contributed by atoms with E-state index < -0.39 is 0 Å². The van der Waals surface area contributed by atoms with Crippen molar-refractivity contribution in [1.29, 1.82) is 0 Å². The zero-order valence-electron chi connectivity index (χ0n) is 13.9. The highest BCUT2D eigenvalue weighted by Gasteiger charge is 2.21. The van der Waals surface area contributed by atoms with Crippen molar-refractivity contribution in [2.75, 3.05) is 39.3 Å². The van der Waals surface area contributed by atoms with Gasteiger partial charge in [-0.2, -0.15) is 0 Å². The average Bonchev–Trinajstić information content (AvgIpc) is 2.97. The second-order valence-corrected chi connectivity index (χ2v) is 7.21. The molecule has 1 fully saturated rings. The molecule has 1 aromatic carbocycles. The van der Waals surface area contributed by atoms with Crippen LogP contribution < -0.4 is 0 Å². The SMILES string of the molecule is C[C@H](O)CN1CCN(C(=O)COCc2nc3ccccc3s2)CC1. The number of fused-ring (bicyclic) bond motifs is 1. The number of benzene rings is 1. The lowest BCUT2D eigenvalue weighted by Gasteiger charge is -2.35. The maximum Gasteiger partial charge on any atom is 0.248 e. The van der Waals surface area contributed by atoms with E-state index in [1.54, 1.807) is 18.3 Å². The van der Waals surface area contributed by atoms with Crippen LogP contribution in [0.5, 0.6) is 0 Å². The first-order valence-corrected chi connectivity index (χ1v) is 9.04. The van der Waals surface area contributed by atoms with Gasteiger partial charge in [0.05, 0.1) is 22.9 Å². The van der Waals surface area contributed by atoms with Crippen molar-refractivity contribution < 1.29 is 14.6 Å². The second kappa shape index (κ2) is 8.02. The van der Waals surface area contributed by atoms with Crippen molar-refractivity contribution in [1.82, 2.24) is 14.8 Å². The molecular formula is C17H23N3O3S. The van der Waals surface area contributed by atoms with Gasteiger partial charge < -0.3 is 14.7 Å². The van der Waals surface area contributed by atoms with Crippen LogP contribution in [0.3, 0.4) is 0 Å². The van der Waals surface area contributed by atoms with Gasteiger partial charge in [-0.05, 0) is 19.1 Å². The number of rotatable bonds is 6. The molecule has 130 valence electrons. The molecule has 7 heteroatoms. The van der Waals surface area contributed by atoms with Gasteiger partial charge in [0.2, 0.25) is 5.91 Å². The van der Waals surface area contributed by atoms with Gasteiger partial charge in [0.25, 0.3) is 0 Å². The zero-order valence-corrected chi connectivity index (χ0v) is 14.7. The highest BCUT2D eigenvalue weighted by Crippen LogP contribution is 2.21. The van der Waals surface area contributed by atoms with Crippen LogP contribution in [0.2, 0.25) is 0 Å². The molecule has 0 bridgehead atoms.